The molecule has 4 heteroatoms. The number of para-hydroxylation sites is 2. The largest absolute Gasteiger partial charge is 0.488 e. The van der Waals surface area contributed by atoms with Gasteiger partial charge >= 0.3 is 5.97 Å². The molecular formula is C23H21NO3. The van der Waals surface area contributed by atoms with E-state index in [0.29, 0.717) is 6.61 Å². The number of hydrogen-bond donors (Lipinski definition) is 1. The normalized spacial score (nSPS) is 10.9. The summed E-state index contributed by atoms with van der Waals surface area (Å²) in [6, 6.07) is 22.5. The van der Waals surface area contributed by atoms with Gasteiger partial charge in [-0.25, -0.2) is 4.79 Å². The number of nitrogens with zero attached hydrogens (tertiary/aromatic N) is 1. The Kier molecular flexibility index (Phi) is 6.00. The Balaban J connectivity index is 1.74. The first-order valence-corrected chi connectivity index (χ1v) is 8.83. The van der Waals surface area contributed by atoms with Crippen LogP contribution in [0.5, 0.6) is 5.75 Å². The number of hydrogen-bond acceptors (Lipinski definition) is 3. The smallest absolute Gasteiger partial charge is 0.335 e. The Morgan fingerprint density at radius 1 is 1.00 bits per heavy atom. The molecule has 4 nitrogen and oxygen atoms in total. The quantitative estimate of drug-likeness (QED) is 0.584. The van der Waals surface area contributed by atoms with Crippen molar-refractivity contribution in [3.05, 3.63) is 95.1 Å². The third-order valence-electron chi connectivity index (χ3n) is 4.23. The molecule has 3 aromatic carbocycles. The molecule has 3 aromatic rings. The van der Waals surface area contributed by atoms with E-state index < -0.39 is 5.97 Å². The van der Waals surface area contributed by atoms with Gasteiger partial charge in [0.05, 0.1) is 11.3 Å². The molecule has 3 rings (SSSR count). The molecule has 0 aliphatic rings. The maximum Gasteiger partial charge on any atom is 0.335 e. The summed E-state index contributed by atoms with van der Waals surface area (Å²) in [5.74, 6) is -0.200. The van der Waals surface area contributed by atoms with Gasteiger partial charge in [-0.1, -0.05) is 49.4 Å². The molecule has 0 aliphatic carbocycles. The molecule has 0 bridgehead atoms. The Hall–Kier alpha value is -3.40. The van der Waals surface area contributed by atoms with Crippen molar-refractivity contribution in [1.82, 2.24) is 0 Å². The molecule has 0 saturated carbocycles. The summed E-state index contributed by atoms with van der Waals surface area (Å²) in [5.41, 5.74) is 4.22. The zero-order valence-electron chi connectivity index (χ0n) is 15.1. The fourth-order valence-electron chi connectivity index (χ4n) is 2.70. The first-order valence-electron chi connectivity index (χ1n) is 8.83. The first kappa shape index (κ1) is 18.4. The number of carboxylic acid groups (broad SMARTS) is 1. The lowest BCUT2D eigenvalue weighted by Crippen LogP contribution is -2.00. The fraction of sp³-hybridized carbons (Fsp3) is 0.130. The molecule has 0 radical (unpaired) electrons. The Morgan fingerprint density at radius 3 is 2.44 bits per heavy atom. The van der Waals surface area contributed by atoms with Gasteiger partial charge in [0.15, 0.2) is 0 Å². The fourth-order valence-corrected chi connectivity index (χ4v) is 2.70. The van der Waals surface area contributed by atoms with Crippen LogP contribution in [-0.2, 0) is 13.0 Å². The van der Waals surface area contributed by atoms with Crippen LogP contribution in [0.3, 0.4) is 0 Å². The summed E-state index contributed by atoms with van der Waals surface area (Å²) in [7, 11) is 0. The van der Waals surface area contributed by atoms with E-state index in [-0.39, 0.29) is 5.56 Å². The zero-order chi connectivity index (χ0) is 19.1. The van der Waals surface area contributed by atoms with Crippen LogP contribution >= 0.6 is 0 Å². The molecule has 0 saturated heterocycles. The van der Waals surface area contributed by atoms with Crippen molar-refractivity contribution < 1.29 is 14.6 Å². The number of aryl methyl sites for hydroxylation is 1. The summed E-state index contributed by atoms with van der Waals surface area (Å²) in [4.78, 5) is 15.5. The number of aromatic carboxylic acids is 1. The minimum absolute atomic E-state index is 0.265. The third kappa shape index (κ3) is 4.82. The lowest BCUT2D eigenvalue weighted by Gasteiger charge is -2.09. The number of ether oxygens (including phenoxy) is 1. The highest BCUT2D eigenvalue weighted by atomic mass is 16.5. The SMILES string of the molecule is CCc1ccccc1N=Cc1ccccc1OCc1ccc(C(=O)O)cc1. The number of carboxylic acids is 1. The van der Waals surface area contributed by atoms with Crippen LogP contribution < -0.4 is 4.74 Å². The van der Waals surface area contributed by atoms with E-state index in [0.717, 1.165) is 29.0 Å². The Morgan fingerprint density at radius 2 is 1.70 bits per heavy atom. The summed E-state index contributed by atoms with van der Waals surface area (Å²) >= 11 is 0. The average Bonchev–Trinajstić information content (AvgIpc) is 2.71. The highest BCUT2D eigenvalue weighted by Gasteiger charge is 2.05. The predicted octanol–water partition coefficient (Wildman–Crippen LogP) is 5.28. The molecule has 0 aromatic heterocycles. The minimum atomic E-state index is -0.934. The van der Waals surface area contributed by atoms with Crippen molar-refractivity contribution in [3.63, 3.8) is 0 Å². The van der Waals surface area contributed by atoms with Gasteiger partial charge in [-0.3, -0.25) is 4.99 Å². The molecule has 0 fully saturated rings. The van der Waals surface area contributed by atoms with E-state index in [2.05, 4.69) is 18.0 Å². The lowest BCUT2D eigenvalue weighted by molar-refractivity contribution is 0.0697. The summed E-state index contributed by atoms with van der Waals surface area (Å²) < 4.78 is 5.93. The molecule has 136 valence electrons. The van der Waals surface area contributed by atoms with Crippen molar-refractivity contribution in [1.29, 1.82) is 0 Å². The van der Waals surface area contributed by atoms with E-state index in [9.17, 15) is 4.79 Å². The van der Waals surface area contributed by atoms with E-state index in [1.807, 2.05) is 48.7 Å². The molecule has 0 spiro atoms. The van der Waals surface area contributed by atoms with Gasteiger partial charge in [0.2, 0.25) is 0 Å². The van der Waals surface area contributed by atoms with Gasteiger partial charge in [-0.2, -0.15) is 0 Å². The Bertz CT molecular complexity index is 946. The maximum absolute atomic E-state index is 10.9. The minimum Gasteiger partial charge on any atom is -0.488 e. The summed E-state index contributed by atoms with van der Waals surface area (Å²) in [6.07, 6.45) is 2.75. The second kappa shape index (κ2) is 8.81. The molecule has 0 amide bonds. The topological polar surface area (TPSA) is 58.9 Å². The first-order chi connectivity index (χ1) is 13.2. The van der Waals surface area contributed by atoms with Gasteiger partial charge in [-0.05, 0) is 47.9 Å². The average molecular weight is 359 g/mol. The molecule has 0 heterocycles. The van der Waals surface area contributed by atoms with Crippen molar-refractivity contribution in [2.24, 2.45) is 4.99 Å². The standard InChI is InChI=1S/C23H21NO3/c1-2-18-7-3-5-9-21(18)24-15-20-8-4-6-10-22(20)27-16-17-11-13-19(14-12-17)23(25)26/h3-15H,2,16H2,1H3,(H,25,26). The van der Waals surface area contributed by atoms with E-state index >= 15 is 0 Å². The zero-order valence-corrected chi connectivity index (χ0v) is 15.1. The molecular weight excluding hydrogens is 338 g/mol. The summed E-state index contributed by atoms with van der Waals surface area (Å²) in [6.45, 7) is 2.47. The van der Waals surface area contributed by atoms with Gasteiger partial charge in [-0.15, -0.1) is 0 Å². The van der Waals surface area contributed by atoms with Crippen LogP contribution in [0, 0.1) is 0 Å². The number of carbonyl (C=O) groups is 1. The molecule has 0 unspecified atom stereocenters. The van der Waals surface area contributed by atoms with Gasteiger partial charge in [0.1, 0.15) is 12.4 Å². The molecule has 0 aliphatic heterocycles. The van der Waals surface area contributed by atoms with E-state index in [1.54, 1.807) is 24.3 Å². The highest BCUT2D eigenvalue weighted by Crippen LogP contribution is 2.22. The van der Waals surface area contributed by atoms with Crippen LogP contribution in [0.4, 0.5) is 5.69 Å². The van der Waals surface area contributed by atoms with Crippen LogP contribution in [0.1, 0.15) is 34.0 Å². The Labute approximate surface area is 158 Å². The van der Waals surface area contributed by atoms with Gasteiger partial charge < -0.3 is 9.84 Å². The van der Waals surface area contributed by atoms with Crippen molar-refractivity contribution >= 4 is 17.9 Å². The molecule has 1 N–H and O–H groups in total. The maximum atomic E-state index is 10.9. The van der Waals surface area contributed by atoms with E-state index in [4.69, 9.17) is 9.84 Å². The van der Waals surface area contributed by atoms with Crippen LogP contribution in [0.15, 0.2) is 77.8 Å². The van der Waals surface area contributed by atoms with Crippen molar-refractivity contribution in [2.75, 3.05) is 0 Å². The van der Waals surface area contributed by atoms with Crippen LogP contribution in [-0.4, -0.2) is 17.3 Å². The number of rotatable bonds is 7. The third-order valence-corrected chi connectivity index (χ3v) is 4.23. The lowest BCUT2D eigenvalue weighted by atomic mass is 10.1. The van der Waals surface area contributed by atoms with Gasteiger partial charge in [0, 0.05) is 11.8 Å². The number of aliphatic imine (C=N–C) groups is 1. The second-order valence-corrected chi connectivity index (χ2v) is 6.07. The van der Waals surface area contributed by atoms with Crippen LogP contribution in [0.25, 0.3) is 0 Å². The van der Waals surface area contributed by atoms with Crippen molar-refractivity contribution in [2.45, 2.75) is 20.0 Å². The van der Waals surface area contributed by atoms with Gasteiger partial charge in [0.25, 0.3) is 0 Å². The van der Waals surface area contributed by atoms with Crippen molar-refractivity contribution in [3.8, 4) is 5.75 Å². The number of benzene rings is 3. The molecule has 0 atom stereocenters. The second-order valence-electron chi connectivity index (χ2n) is 6.07. The summed E-state index contributed by atoms with van der Waals surface area (Å²) in [5, 5.41) is 8.96. The molecule has 27 heavy (non-hydrogen) atoms. The van der Waals surface area contributed by atoms with Crippen LogP contribution in [0.2, 0.25) is 0 Å². The highest BCUT2D eigenvalue weighted by molar-refractivity contribution is 5.87. The predicted molar refractivity (Wildman–Crippen MR) is 107 cm³/mol. The monoisotopic (exact) mass is 359 g/mol. The van der Waals surface area contributed by atoms with E-state index in [1.165, 1.54) is 5.56 Å².